The summed E-state index contributed by atoms with van der Waals surface area (Å²) in [7, 11) is 0. The summed E-state index contributed by atoms with van der Waals surface area (Å²) in [5.74, 6) is -0.812. The summed E-state index contributed by atoms with van der Waals surface area (Å²) in [4.78, 5) is 25.1. The van der Waals surface area contributed by atoms with Gasteiger partial charge in [0.25, 0.3) is 5.91 Å². The Balaban J connectivity index is 1.54. The van der Waals surface area contributed by atoms with Crippen LogP contribution in [-0.4, -0.2) is 21.6 Å². The molecule has 1 aromatic heterocycles. The van der Waals surface area contributed by atoms with Crippen molar-refractivity contribution in [3.05, 3.63) is 107 Å². The molecule has 1 heterocycles. The topological polar surface area (TPSA) is 76.0 Å². The zero-order valence-corrected chi connectivity index (χ0v) is 17.2. The number of nitrogens with zero attached hydrogens (tertiary/aromatic N) is 2. The SMILES string of the molecule is O=C(Cc1cccc(Cl)c1)NNC(=O)c1cn(-c2ccccc2)nc1-c1ccccc1. The fraction of sp³-hybridized carbons (Fsp3) is 0.0417. The van der Waals surface area contributed by atoms with Crippen LogP contribution < -0.4 is 10.9 Å². The lowest BCUT2D eigenvalue weighted by atomic mass is 10.1. The van der Waals surface area contributed by atoms with E-state index in [9.17, 15) is 9.59 Å². The molecular weight excluding hydrogens is 412 g/mol. The van der Waals surface area contributed by atoms with Crippen molar-refractivity contribution in [3.63, 3.8) is 0 Å². The van der Waals surface area contributed by atoms with E-state index in [0.717, 1.165) is 16.8 Å². The third-order valence-corrected chi connectivity index (χ3v) is 4.83. The number of hydrazine groups is 1. The number of aromatic nitrogens is 2. The molecule has 2 N–H and O–H groups in total. The second-order valence-electron chi connectivity index (χ2n) is 6.85. The molecule has 154 valence electrons. The monoisotopic (exact) mass is 430 g/mol. The van der Waals surface area contributed by atoms with Crippen molar-refractivity contribution in [1.29, 1.82) is 0 Å². The van der Waals surface area contributed by atoms with Gasteiger partial charge in [0, 0.05) is 16.8 Å². The molecule has 6 nitrogen and oxygen atoms in total. The van der Waals surface area contributed by atoms with Crippen LogP contribution in [0.1, 0.15) is 15.9 Å². The smallest absolute Gasteiger partial charge is 0.273 e. The molecule has 0 aliphatic carbocycles. The van der Waals surface area contributed by atoms with Crippen LogP contribution in [0.3, 0.4) is 0 Å². The molecule has 4 aromatic rings. The Morgan fingerprint density at radius 2 is 1.58 bits per heavy atom. The lowest BCUT2D eigenvalue weighted by molar-refractivity contribution is -0.121. The van der Waals surface area contributed by atoms with E-state index < -0.39 is 5.91 Å². The average molecular weight is 431 g/mol. The molecule has 4 rings (SSSR count). The number of amides is 2. The molecule has 3 aromatic carbocycles. The van der Waals surface area contributed by atoms with E-state index in [0.29, 0.717) is 16.3 Å². The maximum Gasteiger partial charge on any atom is 0.273 e. The maximum atomic E-state index is 12.9. The molecule has 31 heavy (non-hydrogen) atoms. The number of carbonyl (C=O) groups is 2. The second-order valence-corrected chi connectivity index (χ2v) is 7.28. The maximum absolute atomic E-state index is 12.9. The first-order chi connectivity index (χ1) is 15.1. The lowest BCUT2D eigenvalue weighted by Gasteiger charge is -2.08. The number of rotatable bonds is 5. The van der Waals surface area contributed by atoms with Gasteiger partial charge in [-0.3, -0.25) is 20.4 Å². The first-order valence-corrected chi connectivity index (χ1v) is 10.0. The van der Waals surface area contributed by atoms with Crippen LogP contribution in [0.15, 0.2) is 91.1 Å². The molecule has 7 heteroatoms. The van der Waals surface area contributed by atoms with E-state index in [2.05, 4.69) is 16.0 Å². The average Bonchev–Trinajstić information content (AvgIpc) is 3.24. The number of carbonyl (C=O) groups excluding carboxylic acids is 2. The normalized spacial score (nSPS) is 10.5. The van der Waals surface area contributed by atoms with Crippen LogP contribution in [-0.2, 0) is 11.2 Å². The Hall–Kier alpha value is -3.90. The molecule has 2 amide bonds. The largest absolute Gasteiger partial charge is 0.273 e. The summed E-state index contributed by atoms with van der Waals surface area (Å²) in [5.41, 5.74) is 8.18. The molecule has 0 atom stereocenters. The van der Waals surface area contributed by atoms with Gasteiger partial charge in [-0.25, -0.2) is 4.68 Å². The number of nitrogens with one attached hydrogen (secondary N) is 2. The third kappa shape index (κ3) is 4.99. The summed E-state index contributed by atoms with van der Waals surface area (Å²) >= 11 is 5.95. The minimum atomic E-state index is -0.458. The number of hydrogen-bond donors (Lipinski definition) is 2. The van der Waals surface area contributed by atoms with Crippen LogP contribution >= 0.6 is 11.6 Å². The summed E-state index contributed by atoms with van der Waals surface area (Å²) in [6, 6.07) is 25.9. The summed E-state index contributed by atoms with van der Waals surface area (Å²) in [6.07, 6.45) is 1.74. The lowest BCUT2D eigenvalue weighted by Crippen LogP contribution is -2.42. The Bertz CT molecular complexity index is 1210. The van der Waals surface area contributed by atoms with Gasteiger partial charge in [-0.2, -0.15) is 5.10 Å². The fourth-order valence-electron chi connectivity index (χ4n) is 3.13. The highest BCUT2D eigenvalue weighted by Gasteiger charge is 2.19. The van der Waals surface area contributed by atoms with Crippen molar-refractivity contribution in [2.45, 2.75) is 6.42 Å². The van der Waals surface area contributed by atoms with E-state index in [-0.39, 0.29) is 12.3 Å². The van der Waals surface area contributed by atoms with Gasteiger partial charge in [-0.15, -0.1) is 0 Å². The molecule has 0 unspecified atom stereocenters. The molecular formula is C24H19ClN4O2. The summed E-state index contributed by atoms with van der Waals surface area (Å²) in [6.45, 7) is 0. The Morgan fingerprint density at radius 3 is 2.29 bits per heavy atom. The highest BCUT2D eigenvalue weighted by Crippen LogP contribution is 2.23. The highest BCUT2D eigenvalue weighted by molar-refractivity contribution is 6.30. The van der Waals surface area contributed by atoms with Crippen molar-refractivity contribution in [2.75, 3.05) is 0 Å². The van der Waals surface area contributed by atoms with E-state index in [1.807, 2.05) is 60.7 Å². The summed E-state index contributed by atoms with van der Waals surface area (Å²) in [5, 5.41) is 5.16. The first kappa shape index (κ1) is 20.4. The molecule has 0 bridgehead atoms. The number of hydrogen-bond acceptors (Lipinski definition) is 3. The predicted octanol–water partition coefficient (Wildman–Crippen LogP) is 4.20. The van der Waals surface area contributed by atoms with Crippen molar-refractivity contribution < 1.29 is 9.59 Å². The summed E-state index contributed by atoms with van der Waals surface area (Å²) < 4.78 is 1.64. The van der Waals surface area contributed by atoms with E-state index >= 15 is 0 Å². The van der Waals surface area contributed by atoms with Gasteiger partial charge < -0.3 is 0 Å². The molecule has 0 aliphatic rings. The number of para-hydroxylation sites is 1. The van der Waals surface area contributed by atoms with E-state index in [1.54, 1.807) is 35.1 Å². The van der Waals surface area contributed by atoms with Crippen LogP contribution in [0.2, 0.25) is 5.02 Å². The zero-order chi connectivity index (χ0) is 21.6. The standard InChI is InChI=1S/C24H19ClN4O2/c25-19-11-7-8-17(14-19)15-22(30)26-27-24(31)21-16-29(20-12-5-2-6-13-20)28-23(21)18-9-3-1-4-10-18/h1-14,16H,15H2,(H,26,30)(H,27,31). The minimum Gasteiger partial charge on any atom is -0.273 e. The quantitative estimate of drug-likeness (QED) is 0.466. The van der Waals surface area contributed by atoms with E-state index in [1.165, 1.54) is 0 Å². The van der Waals surface area contributed by atoms with Crippen molar-refractivity contribution in [3.8, 4) is 16.9 Å². The minimum absolute atomic E-state index is 0.0929. The molecule has 0 spiro atoms. The van der Waals surface area contributed by atoms with E-state index in [4.69, 9.17) is 11.6 Å². The Morgan fingerprint density at radius 1 is 0.871 bits per heavy atom. The molecule has 0 fully saturated rings. The van der Waals surface area contributed by atoms with Gasteiger partial charge in [-0.1, -0.05) is 72.3 Å². The van der Waals surface area contributed by atoms with Gasteiger partial charge in [0.1, 0.15) is 5.69 Å². The molecule has 0 aliphatic heterocycles. The third-order valence-electron chi connectivity index (χ3n) is 4.60. The van der Waals surface area contributed by atoms with Gasteiger partial charge in [0.05, 0.1) is 17.7 Å². The predicted molar refractivity (Wildman–Crippen MR) is 120 cm³/mol. The van der Waals surface area contributed by atoms with Crippen LogP contribution in [0.4, 0.5) is 0 Å². The van der Waals surface area contributed by atoms with Crippen molar-refractivity contribution in [2.24, 2.45) is 0 Å². The highest BCUT2D eigenvalue weighted by atomic mass is 35.5. The molecule has 0 radical (unpaired) electrons. The van der Waals surface area contributed by atoms with Crippen LogP contribution in [0.5, 0.6) is 0 Å². The van der Waals surface area contributed by atoms with Crippen LogP contribution in [0.25, 0.3) is 16.9 Å². The first-order valence-electron chi connectivity index (χ1n) is 9.64. The number of benzene rings is 3. The number of halogens is 1. The van der Waals surface area contributed by atoms with Gasteiger partial charge in [0.15, 0.2) is 0 Å². The Labute approximate surface area is 184 Å². The zero-order valence-electron chi connectivity index (χ0n) is 16.5. The van der Waals surface area contributed by atoms with Crippen LogP contribution in [0, 0.1) is 0 Å². The van der Waals surface area contributed by atoms with Gasteiger partial charge in [-0.05, 0) is 29.8 Å². The fourth-order valence-corrected chi connectivity index (χ4v) is 3.35. The molecule has 0 saturated carbocycles. The van der Waals surface area contributed by atoms with Crippen molar-refractivity contribution >= 4 is 23.4 Å². The van der Waals surface area contributed by atoms with Gasteiger partial charge >= 0.3 is 0 Å². The second kappa shape index (κ2) is 9.28. The van der Waals surface area contributed by atoms with Crippen molar-refractivity contribution in [1.82, 2.24) is 20.6 Å². The molecule has 0 saturated heterocycles. The Kier molecular flexibility index (Phi) is 6.10. The van der Waals surface area contributed by atoms with Gasteiger partial charge in [0.2, 0.25) is 5.91 Å².